The Morgan fingerprint density at radius 2 is 1.96 bits per heavy atom. The van der Waals surface area contributed by atoms with Crippen LogP contribution in [-0.4, -0.2) is 37.4 Å². The van der Waals surface area contributed by atoms with Crippen LogP contribution < -0.4 is 4.74 Å². The van der Waals surface area contributed by atoms with Crippen LogP contribution >= 0.6 is 0 Å². The zero-order valence-electron chi connectivity index (χ0n) is 15.4. The molecule has 134 valence electrons. The first-order valence-electron chi connectivity index (χ1n) is 9.26. The van der Waals surface area contributed by atoms with E-state index in [1.807, 2.05) is 30.3 Å². The van der Waals surface area contributed by atoms with Crippen molar-refractivity contribution in [2.45, 2.75) is 30.7 Å². The fourth-order valence-electron chi connectivity index (χ4n) is 4.50. The molecule has 0 radical (unpaired) electrons. The number of hydrogen-bond acceptors (Lipinski definition) is 3. The molecular formula is C23H25NO2. The van der Waals surface area contributed by atoms with E-state index < -0.39 is 0 Å². The minimum absolute atomic E-state index is 0.0726. The van der Waals surface area contributed by atoms with E-state index in [1.165, 1.54) is 5.56 Å². The van der Waals surface area contributed by atoms with Gasteiger partial charge in [0, 0.05) is 23.5 Å². The minimum Gasteiger partial charge on any atom is -0.497 e. The summed E-state index contributed by atoms with van der Waals surface area (Å²) in [5.41, 5.74) is 3.22. The van der Waals surface area contributed by atoms with Crippen molar-refractivity contribution in [1.82, 2.24) is 4.90 Å². The van der Waals surface area contributed by atoms with Crippen LogP contribution in [0.3, 0.4) is 0 Å². The molecule has 2 unspecified atom stereocenters. The molecule has 1 aliphatic carbocycles. The maximum atomic E-state index is 13.2. The normalized spacial score (nSPS) is 27.5. The number of methoxy groups -OCH3 is 1. The van der Waals surface area contributed by atoms with Gasteiger partial charge in [0.05, 0.1) is 7.11 Å². The van der Waals surface area contributed by atoms with Crippen LogP contribution in [0.1, 0.15) is 30.4 Å². The van der Waals surface area contributed by atoms with Crippen LogP contribution in [0.4, 0.5) is 0 Å². The highest BCUT2D eigenvalue weighted by Crippen LogP contribution is 2.47. The number of carbonyl (C=O) groups is 1. The summed E-state index contributed by atoms with van der Waals surface area (Å²) in [5.74, 6) is 1.14. The van der Waals surface area contributed by atoms with E-state index in [0.29, 0.717) is 6.42 Å². The summed E-state index contributed by atoms with van der Waals surface area (Å²) in [6, 6.07) is 18.6. The smallest absolute Gasteiger partial charge is 0.161 e. The molecule has 2 atom stereocenters. The molecule has 1 saturated carbocycles. The molecule has 3 heteroatoms. The number of hydrogen-bond donors (Lipinski definition) is 0. The minimum atomic E-state index is -0.0726. The zero-order valence-corrected chi connectivity index (χ0v) is 15.4. The molecule has 0 spiro atoms. The molecule has 4 rings (SSSR count). The first kappa shape index (κ1) is 17.0. The second-order valence-corrected chi connectivity index (χ2v) is 7.57. The highest BCUT2D eigenvalue weighted by atomic mass is 16.5. The number of ketones is 1. The highest BCUT2D eigenvalue weighted by Gasteiger charge is 2.48. The Bertz CT molecular complexity index is 842. The van der Waals surface area contributed by atoms with Crippen molar-refractivity contribution in [2.24, 2.45) is 0 Å². The maximum Gasteiger partial charge on any atom is 0.161 e. The first-order chi connectivity index (χ1) is 12.6. The Hall–Kier alpha value is -2.39. The first-order valence-corrected chi connectivity index (χ1v) is 9.26. The lowest BCUT2D eigenvalue weighted by molar-refractivity contribution is -0.120. The standard InChI is InChI=1S/C23H25NO2/c1-24-12-11-23(18-9-6-10-19(14-18)26-2)15-21(24)20(22(25)16-23)13-17-7-4-3-5-8-17/h3-10,13-14,21H,11-12,15-16H2,1-2H3/b20-13+. The van der Waals surface area contributed by atoms with Gasteiger partial charge >= 0.3 is 0 Å². The molecule has 2 aliphatic rings. The molecule has 0 aromatic heterocycles. The monoisotopic (exact) mass is 347 g/mol. The maximum absolute atomic E-state index is 13.2. The van der Waals surface area contributed by atoms with Crippen LogP contribution in [0.2, 0.25) is 0 Å². The summed E-state index contributed by atoms with van der Waals surface area (Å²) < 4.78 is 5.42. The second kappa shape index (κ2) is 6.73. The predicted molar refractivity (Wildman–Crippen MR) is 104 cm³/mol. The predicted octanol–water partition coefficient (Wildman–Crippen LogP) is 4.08. The Morgan fingerprint density at radius 1 is 1.15 bits per heavy atom. The molecule has 1 saturated heterocycles. The molecule has 2 aromatic carbocycles. The van der Waals surface area contributed by atoms with Crippen LogP contribution in [0.15, 0.2) is 60.2 Å². The molecular weight excluding hydrogens is 322 g/mol. The summed E-state index contributed by atoms with van der Waals surface area (Å²) >= 11 is 0. The lowest BCUT2D eigenvalue weighted by atomic mass is 9.61. The van der Waals surface area contributed by atoms with Crippen LogP contribution in [0.25, 0.3) is 6.08 Å². The van der Waals surface area contributed by atoms with Gasteiger partial charge in [-0.25, -0.2) is 0 Å². The van der Waals surface area contributed by atoms with E-state index >= 15 is 0 Å². The fraction of sp³-hybridized carbons (Fsp3) is 0.348. The van der Waals surface area contributed by atoms with Gasteiger partial charge < -0.3 is 4.74 Å². The molecule has 0 N–H and O–H groups in total. The molecule has 1 heterocycles. The SMILES string of the molecule is COc1cccc(C23CCN(C)C(C2)/C(=C\c2ccccc2)C(=O)C3)c1. The van der Waals surface area contributed by atoms with Gasteiger partial charge in [0.25, 0.3) is 0 Å². The van der Waals surface area contributed by atoms with Gasteiger partial charge in [-0.2, -0.15) is 0 Å². The lowest BCUT2D eigenvalue weighted by Gasteiger charge is -2.50. The van der Waals surface area contributed by atoms with Crippen molar-refractivity contribution in [1.29, 1.82) is 0 Å². The van der Waals surface area contributed by atoms with Gasteiger partial charge in [0.15, 0.2) is 5.78 Å². The number of rotatable bonds is 3. The number of ether oxygens (including phenoxy) is 1. The summed E-state index contributed by atoms with van der Waals surface area (Å²) in [6.07, 6.45) is 4.67. The number of likely N-dealkylation sites (N-methyl/N-ethyl adjacent to an activating group) is 1. The average Bonchev–Trinajstić information content (AvgIpc) is 2.68. The molecule has 3 nitrogen and oxygen atoms in total. The van der Waals surface area contributed by atoms with E-state index in [2.05, 4.69) is 42.3 Å². The Labute approximate surface area is 155 Å². The molecule has 1 aliphatic heterocycles. The van der Waals surface area contributed by atoms with Gasteiger partial charge in [-0.3, -0.25) is 9.69 Å². The van der Waals surface area contributed by atoms with Crippen LogP contribution in [0, 0.1) is 0 Å². The van der Waals surface area contributed by atoms with Gasteiger partial charge in [-0.05, 0) is 55.8 Å². The Balaban J connectivity index is 1.72. The summed E-state index contributed by atoms with van der Waals surface area (Å²) in [4.78, 5) is 15.5. The van der Waals surface area contributed by atoms with Gasteiger partial charge in [-0.15, -0.1) is 0 Å². The number of fused-ring (bicyclic) bond motifs is 2. The van der Waals surface area contributed by atoms with E-state index in [4.69, 9.17) is 4.74 Å². The third kappa shape index (κ3) is 2.97. The van der Waals surface area contributed by atoms with Crippen LogP contribution in [-0.2, 0) is 10.2 Å². The summed E-state index contributed by atoms with van der Waals surface area (Å²) in [7, 11) is 3.83. The number of benzene rings is 2. The van der Waals surface area contributed by atoms with Crippen molar-refractivity contribution in [2.75, 3.05) is 20.7 Å². The van der Waals surface area contributed by atoms with E-state index in [9.17, 15) is 4.79 Å². The van der Waals surface area contributed by atoms with E-state index in [0.717, 1.165) is 36.3 Å². The highest BCUT2D eigenvalue weighted by molar-refractivity contribution is 6.02. The third-order valence-corrected chi connectivity index (χ3v) is 6.04. The number of carbonyl (C=O) groups excluding carboxylic acids is 1. The summed E-state index contributed by atoms with van der Waals surface area (Å²) in [5, 5.41) is 0. The second-order valence-electron chi connectivity index (χ2n) is 7.57. The molecule has 2 aromatic rings. The largest absolute Gasteiger partial charge is 0.497 e. The lowest BCUT2D eigenvalue weighted by Crippen LogP contribution is -2.53. The van der Waals surface area contributed by atoms with Gasteiger partial charge in [-0.1, -0.05) is 42.5 Å². The molecule has 0 amide bonds. The molecule has 2 bridgehead atoms. The van der Waals surface area contributed by atoms with Gasteiger partial charge in [0.1, 0.15) is 5.75 Å². The van der Waals surface area contributed by atoms with Crippen molar-refractivity contribution >= 4 is 11.9 Å². The molecule has 2 fully saturated rings. The topological polar surface area (TPSA) is 29.5 Å². The number of Topliss-reactive ketones (excluding diaryl/α,β-unsaturated/α-hetero) is 1. The summed E-state index contributed by atoms with van der Waals surface area (Å²) in [6.45, 7) is 1.00. The zero-order chi connectivity index (χ0) is 18.1. The third-order valence-electron chi connectivity index (χ3n) is 6.04. The Morgan fingerprint density at radius 3 is 2.73 bits per heavy atom. The van der Waals surface area contributed by atoms with E-state index in [1.54, 1.807) is 7.11 Å². The number of piperidine rings is 1. The number of nitrogens with zero attached hydrogens (tertiary/aromatic N) is 1. The fourth-order valence-corrected chi connectivity index (χ4v) is 4.50. The van der Waals surface area contributed by atoms with Crippen molar-refractivity contribution < 1.29 is 9.53 Å². The Kier molecular flexibility index (Phi) is 4.41. The average molecular weight is 347 g/mol. The molecule has 26 heavy (non-hydrogen) atoms. The number of likely N-dealkylation sites (tertiary alicyclic amines) is 1. The van der Waals surface area contributed by atoms with Crippen molar-refractivity contribution in [3.8, 4) is 5.75 Å². The van der Waals surface area contributed by atoms with Gasteiger partial charge in [0.2, 0.25) is 0 Å². The van der Waals surface area contributed by atoms with Crippen molar-refractivity contribution in [3.05, 3.63) is 71.3 Å². The quantitative estimate of drug-likeness (QED) is 0.784. The van der Waals surface area contributed by atoms with Crippen LogP contribution in [0.5, 0.6) is 5.75 Å². The van der Waals surface area contributed by atoms with Crippen molar-refractivity contribution in [3.63, 3.8) is 0 Å². The van der Waals surface area contributed by atoms with E-state index in [-0.39, 0.29) is 17.2 Å².